The number of nitrogens with zero attached hydrogens (tertiary/aromatic N) is 1. The summed E-state index contributed by atoms with van der Waals surface area (Å²) >= 11 is 0. The molecule has 1 heterocycles. The van der Waals surface area contributed by atoms with E-state index in [1.807, 2.05) is 6.92 Å². The Balaban J connectivity index is 2.26. The second-order valence-electron chi connectivity index (χ2n) is 5.60. The van der Waals surface area contributed by atoms with Crippen molar-refractivity contribution < 1.29 is 27.6 Å². The summed E-state index contributed by atoms with van der Waals surface area (Å²) in [5.74, 6) is -0.665. The number of carbonyl (C=O) groups excluding carboxylic acids is 1. The topological polar surface area (TPSA) is 81.5 Å². The SMILES string of the molecule is CCC(NC(=O)c1ccc(C(F)(F)F)cc1[N+](=O)[O-])C1CCOC1. The average Bonchev–Trinajstić information content (AvgIpc) is 3.05. The highest BCUT2D eigenvalue weighted by atomic mass is 19.4. The summed E-state index contributed by atoms with van der Waals surface area (Å²) in [6, 6.07) is 1.64. The van der Waals surface area contributed by atoms with Crippen molar-refractivity contribution in [3.05, 3.63) is 39.4 Å². The van der Waals surface area contributed by atoms with Gasteiger partial charge in [-0.3, -0.25) is 14.9 Å². The zero-order valence-electron chi connectivity index (χ0n) is 12.9. The molecule has 0 spiro atoms. The lowest BCUT2D eigenvalue weighted by Gasteiger charge is -2.22. The molecule has 24 heavy (non-hydrogen) atoms. The number of alkyl halides is 3. The van der Waals surface area contributed by atoms with Crippen molar-refractivity contribution in [1.82, 2.24) is 5.32 Å². The highest BCUT2D eigenvalue weighted by molar-refractivity contribution is 5.98. The molecule has 2 unspecified atom stereocenters. The van der Waals surface area contributed by atoms with E-state index in [4.69, 9.17) is 4.74 Å². The molecule has 0 radical (unpaired) electrons. The third-order valence-electron chi connectivity index (χ3n) is 4.06. The van der Waals surface area contributed by atoms with Gasteiger partial charge in [0.2, 0.25) is 0 Å². The standard InChI is InChI=1S/C15H17F3N2O4/c1-2-12(9-5-6-24-8-9)19-14(21)11-4-3-10(15(16,17)18)7-13(11)20(22)23/h3-4,7,9,12H,2,5-6,8H2,1H3,(H,19,21). The fraction of sp³-hybridized carbons (Fsp3) is 0.533. The Kier molecular flexibility index (Phi) is 5.43. The van der Waals surface area contributed by atoms with Crippen molar-refractivity contribution in [2.24, 2.45) is 5.92 Å². The van der Waals surface area contributed by atoms with Gasteiger partial charge in [0, 0.05) is 24.6 Å². The van der Waals surface area contributed by atoms with Crippen LogP contribution in [0.2, 0.25) is 0 Å². The molecule has 1 aliphatic heterocycles. The molecule has 9 heteroatoms. The minimum atomic E-state index is -4.72. The number of carbonyl (C=O) groups is 1. The quantitative estimate of drug-likeness (QED) is 0.656. The fourth-order valence-electron chi connectivity index (χ4n) is 2.72. The van der Waals surface area contributed by atoms with E-state index in [1.54, 1.807) is 0 Å². The fourth-order valence-corrected chi connectivity index (χ4v) is 2.72. The molecule has 0 aliphatic carbocycles. The maximum absolute atomic E-state index is 12.7. The van der Waals surface area contributed by atoms with E-state index in [1.165, 1.54) is 0 Å². The Hall–Kier alpha value is -2.16. The molecule has 0 aromatic heterocycles. The first kappa shape index (κ1) is 18.2. The third-order valence-corrected chi connectivity index (χ3v) is 4.06. The van der Waals surface area contributed by atoms with Gasteiger partial charge in [0.1, 0.15) is 5.56 Å². The summed E-state index contributed by atoms with van der Waals surface area (Å²) < 4.78 is 43.3. The van der Waals surface area contributed by atoms with Crippen LogP contribution >= 0.6 is 0 Å². The van der Waals surface area contributed by atoms with Crippen molar-refractivity contribution in [3.63, 3.8) is 0 Å². The normalized spacial score (nSPS) is 19.1. The van der Waals surface area contributed by atoms with Gasteiger partial charge in [-0.25, -0.2) is 0 Å². The minimum Gasteiger partial charge on any atom is -0.381 e. The van der Waals surface area contributed by atoms with E-state index in [2.05, 4.69) is 5.32 Å². The number of rotatable bonds is 5. The van der Waals surface area contributed by atoms with Gasteiger partial charge in [-0.2, -0.15) is 13.2 Å². The predicted octanol–water partition coefficient (Wildman–Crippen LogP) is 3.16. The monoisotopic (exact) mass is 346 g/mol. The molecule has 1 aliphatic rings. The molecule has 1 fully saturated rings. The Labute approximate surface area is 136 Å². The number of benzene rings is 1. The van der Waals surface area contributed by atoms with Crippen LogP contribution in [0.15, 0.2) is 18.2 Å². The van der Waals surface area contributed by atoms with Crippen molar-refractivity contribution in [3.8, 4) is 0 Å². The van der Waals surface area contributed by atoms with E-state index in [9.17, 15) is 28.1 Å². The van der Waals surface area contributed by atoms with Crippen LogP contribution in [0.25, 0.3) is 0 Å². The lowest BCUT2D eigenvalue weighted by molar-refractivity contribution is -0.385. The van der Waals surface area contributed by atoms with Crippen molar-refractivity contribution in [2.75, 3.05) is 13.2 Å². The lowest BCUT2D eigenvalue weighted by atomic mass is 9.96. The Morgan fingerprint density at radius 1 is 1.50 bits per heavy atom. The Bertz CT molecular complexity index is 628. The molecule has 1 saturated heterocycles. The number of halogens is 3. The van der Waals surface area contributed by atoms with Crippen LogP contribution < -0.4 is 5.32 Å². The molecule has 1 amide bonds. The zero-order valence-corrected chi connectivity index (χ0v) is 12.9. The third kappa shape index (κ3) is 4.02. The summed E-state index contributed by atoms with van der Waals surface area (Å²) in [7, 11) is 0. The van der Waals surface area contributed by atoms with E-state index >= 15 is 0 Å². The molecule has 1 N–H and O–H groups in total. The number of amides is 1. The molecule has 6 nitrogen and oxygen atoms in total. The van der Waals surface area contributed by atoms with Crippen LogP contribution in [0.4, 0.5) is 18.9 Å². The Morgan fingerprint density at radius 2 is 2.21 bits per heavy atom. The Morgan fingerprint density at radius 3 is 2.71 bits per heavy atom. The maximum Gasteiger partial charge on any atom is 0.416 e. The summed E-state index contributed by atoms with van der Waals surface area (Å²) in [5.41, 5.74) is -2.41. The van der Waals surface area contributed by atoms with E-state index < -0.39 is 28.3 Å². The second-order valence-corrected chi connectivity index (χ2v) is 5.60. The molecule has 1 aromatic rings. The van der Waals surface area contributed by atoms with Crippen LogP contribution in [-0.4, -0.2) is 30.1 Å². The van der Waals surface area contributed by atoms with Gasteiger partial charge in [0.15, 0.2) is 0 Å². The summed E-state index contributed by atoms with van der Waals surface area (Å²) in [6.45, 7) is 2.91. The van der Waals surface area contributed by atoms with Crippen LogP contribution in [-0.2, 0) is 10.9 Å². The average molecular weight is 346 g/mol. The first-order valence-electron chi connectivity index (χ1n) is 7.48. The van der Waals surface area contributed by atoms with E-state index in [0.29, 0.717) is 31.8 Å². The zero-order chi connectivity index (χ0) is 17.9. The molecule has 2 atom stereocenters. The first-order valence-corrected chi connectivity index (χ1v) is 7.48. The predicted molar refractivity (Wildman–Crippen MR) is 78.6 cm³/mol. The molecular formula is C15H17F3N2O4. The summed E-state index contributed by atoms with van der Waals surface area (Å²) in [6.07, 6.45) is -3.37. The number of nitro groups is 1. The number of ether oxygens (including phenoxy) is 1. The van der Waals surface area contributed by atoms with E-state index in [0.717, 1.165) is 12.5 Å². The smallest absolute Gasteiger partial charge is 0.381 e. The van der Waals surface area contributed by atoms with Crippen LogP contribution in [0.3, 0.4) is 0 Å². The number of nitrogens with one attached hydrogen (secondary N) is 1. The molecule has 0 saturated carbocycles. The van der Waals surface area contributed by atoms with Gasteiger partial charge < -0.3 is 10.1 Å². The van der Waals surface area contributed by atoms with Crippen molar-refractivity contribution >= 4 is 11.6 Å². The maximum atomic E-state index is 12.7. The number of hydrogen-bond acceptors (Lipinski definition) is 4. The molecule has 132 valence electrons. The number of hydrogen-bond donors (Lipinski definition) is 1. The van der Waals surface area contributed by atoms with Gasteiger partial charge >= 0.3 is 6.18 Å². The highest BCUT2D eigenvalue weighted by Gasteiger charge is 2.34. The first-order chi connectivity index (χ1) is 11.2. The van der Waals surface area contributed by atoms with Gasteiger partial charge in [-0.15, -0.1) is 0 Å². The molecule has 2 rings (SSSR count). The summed E-state index contributed by atoms with van der Waals surface area (Å²) in [4.78, 5) is 22.4. The van der Waals surface area contributed by atoms with Gasteiger partial charge in [-0.1, -0.05) is 6.92 Å². The van der Waals surface area contributed by atoms with Gasteiger partial charge in [0.25, 0.3) is 11.6 Å². The van der Waals surface area contributed by atoms with Gasteiger partial charge in [-0.05, 0) is 25.0 Å². The van der Waals surface area contributed by atoms with Gasteiger partial charge in [0.05, 0.1) is 17.1 Å². The number of nitro benzene ring substituents is 1. The van der Waals surface area contributed by atoms with Crippen LogP contribution in [0.1, 0.15) is 35.7 Å². The van der Waals surface area contributed by atoms with E-state index in [-0.39, 0.29) is 17.5 Å². The highest BCUT2D eigenvalue weighted by Crippen LogP contribution is 2.33. The lowest BCUT2D eigenvalue weighted by Crippen LogP contribution is -2.40. The minimum absolute atomic E-state index is 0.0902. The summed E-state index contributed by atoms with van der Waals surface area (Å²) in [5, 5.41) is 13.7. The largest absolute Gasteiger partial charge is 0.416 e. The van der Waals surface area contributed by atoms with Crippen LogP contribution in [0, 0.1) is 16.0 Å². The molecular weight excluding hydrogens is 329 g/mol. The van der Waals surface area contributed by atoms with Crippen molar-refractivity contribution in [2.45, 2.75) is 32.0 Å². The van der Waals surface area contributed by atoms with Crippen LogP contribution in [0.5, 0.6) is 0 Å². The molecule has 1 aromatic carbocycles. The molecule has 0 bridgehead atoms. The second kappa shape index (κ2) is 7.16. The van der Waals surface area contributed by atoms with Crippen molar-refractivity contribution in [1.29, 1.82) is 0 Å².